The van der Waals surface area contributed by atoms with E-state index in [0.717, 1.165) is 28.4 Å². The smallest absolute Gasteiger partial charge is 0.227 e. The Hall–Kier alpha value is -2.83. The lowest BCUT2D eigenvalue weighted by Gasteiger charge is -2.43. The summed E-state index contributed by atoms with van der Waals surface area (Å²) in [5.74, 6) is 0.807. The van der Waals surface area contributed by atoms with E-state index in [2.05, 4.69) is 15.9 Å². The van der Waals surface area contributed by atoms with Crippen LogP contribution in [0.2, 0.25) is 5.02 Å². The third-order valence-electron chi connectivity index (χ3n) is 6.89. The van der Waals surface area contributed by atoms with Crippen LogP contribution in [0.4, 0.5) is 0 Å². The number of piperidine rings is 1. The Morgan fingerprint density at radius 1 is 1.03 bits per heavy atom. The van der Waals surface area contributed by atoms with Crippen molar-refractivity contribution in [2.75, 3.05) is 26.7 Å². The standard InChI is InChI=1S/C30H32BrClN2O3/c1-33(20-23-8-3-2-4-9-23)29(36)19-30(22-37-26-14-12-25(32)13-15-26)16-7-17-34(21-30)28(35)18-24-10-5-6-11-27(24)31/h2-6,8-15H,7,16-22H2,1H3. The van der Waals surface area contributed by atoms with E-state index in [1.165, 1.54) is 0 Å². The second-order valence-corrected chi connectivity index (χ2v) is 11.1. The topological polar surface area (TPSA) is 49.9 Å². The van der Waals surface area contributed by atoms with Crippen LogP contribution in [-0.4, -0.2) is 48.4 Å². The quantitative estimate of drug-likeness (QED) is 0.294. The molecular weight excluding hydrogens is 552 g/mol. The highest BCUT2D eigenvalue weighted by molar-refractivity contribution is 9.10. The number of nitrogens with zero attached hydrogens (tertiary/aromatic N) is 2. The molecule has 1 unspecified atom stereocenters. The molecule has 1 atom stereocenters. The van der Waals surface area contributed by atoms with Gasteiger partial charge in [0.15, 0.2) is 0 Å². The summed E-state index contributed by atoms with van der Waals surface area (Å²) in [4.78, 5) is 30.4. The van der Waals surface area contributed by atoms with E-state index in [9.17, 15) is 9.59 Å². The van der Waals surface area contributed by atoms with Gasteiger partial charge in [-0.15, -0.1) is 0 Å². The molecule has 37 heavy (non-hydrogen) atoms. The van der Waals surface area contributed by atoms with Crippen LogP contribution in [-0.2, 0) is 22.6 Å². The van der Waals surface area contributed by atoms with Gasteiger partial charge in [0.2, 0.25) is 11.8 Å². The number of rotatable bonds is 9. The first-order valence-corrected chi connectivity index (χ1v) is 13.7. The first-order chi connectivity index (χ1) is 17.8. The lowest BCUT2D eigenvalue weighted by atomic mass is 9.77. The summed E-state index contributed by atoms with van der Waals surface area (Å²) >= 11 is 9.59. The van der Waals surface area contributed by atoms with Gasteiger partial charge >= 0.3 is 0 Å². The molecule has 3 aromatic carbocycles. The second kappa shape index (κ2) is 12.6. The molecule has 7 heteroatoms. The number of amides is 2. The first kappa shape index (κ1) is 27.2. The molecule has 3 aromatic rings. The molecule has 1 aliphatic heterocycles. The van der Waals surface area contributed by atoms with Gasteiger partial charge in [-0.1, -0.05) is 76.1 Å². The Morgan fingerprint density at radius 2 is 1.73 bits per heavy atom. The summed E-state index contributed by atoms with van der Waals surface area (Å²) in [6.45, 7) is 2.05. The Balaban J connectivity index is 1.50. The fourth-order valence-corrected chi connectivity index (χ4v) is 5.37. The minimum Gasteiger partial charge on any atom is -0.493 e. The Kier molecular flexibility index (Phi) is 9.28. The maximum Gasteiger partial charge on any atom is 0.227 e. The maximum atomic E-state index is 13.4. The van der Waals surface area contributed by atoms with Crippen LogP contribution in [0, 0.1) is 5.41 Å². The third-order valence-corrected chi connectivity index (χ3v) is 7.91. The molecule has 5 nitrogen and oxygen atoms in total. The molecule has 0 aromatic heterocycles. The normalized spacial score (nSPS) is 17.3. The highest BCUT2D eigenvalue weighted by atomic mass is 79.9. The number of likely N-dealkylation sites (tertiary alicyclic amines) is 1. The molecule has 1 fully saturated rings. The molecule has 4 rings (SSSR count). The summed E-state index contributed by atoms with van der Waals surface area (Å²) in [6, 6.07) is 25.0. The van der Waals surface area contributed by atoms with Gasteiger partial charge in [0.1, 0.15) is 5.75 Å². The number of hydrogen-bond acceptors (Lipinski definition) is 3. The monoisotopic (exact) mass is 582 g/mol. The summed E-state index contributed by atoms with van der Waals surface area (Å²) < 4.78 is 7.12. The van der Waals surface area contributed by atoms with Gasteiger partial charge in [0, 0.05) is 48.0 Å². The molecule has 0 spiro atoms. The first-order valence-electron chi connectivity index (χ1n) is 12.5. The van der Waals surface area contributed by atoms with Crippen molar-refractivity contribution in [1.82, 2.24) is 9.80 Å². The van der Waals surface area contributed by atoms with Crippen molar-refractivity contribution in [3.05, 3.63) is 99.5 Å². The van der Waals surface area contributed by atoms with Gasteiger partial charge in [-0.25, -0.2) is 0 Å². The Bertz CT molecular complexity index is 1200. The van der Waals surface area contributed by atoms with Crippen LogP contribution in [0.25, 0.3) is 0 Å². The van der Waals surface area contributed by atoms with Gasteiger partial charge in [-0.3, -0.25) is 9.59 Å². The van der Waals surface area contributed by atoms with E-state index in [1.807, 2.05) is 78.7 Å². The Morgan fingerprint density at radius 3 is 2.46 bits per heavy atom. The van der Waals surface area contributed by atoms with Crippen LogP contribution < -0.4 is 4.74 Å². The number of halogens is 2. The molecule has 0 aliphatic carbocycles. The zero-order valence-corrected chi connectivity index (χ0v) is 23.4. The molecule has 0 N–H and O–H groups in total. The average Bonchev–Trinajstić information content (AvgIpc) is 2.90. The summed E-state index contributed by atoms with van der Waals surface area (Å²) in [5, 5.41) is 0.640. The van der Waals surface area contributed by atoms with Crippen LogP contribution in [0.1, 0.15) is 30.4 Å². The minimum absolute atomic E-state index is 0.0451. The van der Waals surface area contributed by atoms with Gasteiger partial charge < -0.3 is 14.5 Å². The van der Waals surface area contributed by atoms with Gasteiger partial charge in [0.25, 0.3) is 0 Å². The number of hydrogen-bond donors (Lipinski definition) is 0. The van der Waals surface area contributed by atoms with Crippen molar-refractivity contribution in [2.45, 2.75) is 32.2 Å². The van der Waals surface area contributed by atoms with E-state index in [-0.39, 0.29) is 11.8 Å². The van der Waals surface area contributed by atoms with Gasteiger partial charge in [0.05, 0.1) is 13.0 Å². The van der Waals surface area contributed by atoms with Crippen LogP contribution in [0.3, 0.4) is 0 Å². The molecule has 0 saturated carbocycles. The summed E-state index contributed by atoms with van der Waals surface area (Å²) in [7, 11) is 1.84. The van der Waals surface area contributed by atoms with Crippen molar-refractivity contribution >= 4 is 39.3 Å². The lowest BCUT2D eigenvalue weighted by Crippen LogP contribution is -2.51. The lowest BCUT2D eigenvalue weighted by molar-refractivity contribution is -0.140. The number of carbonyl (C=O) groups excluding carboxylic acids is 2. The zero-order valence-electron chi connectivity index (χ0n) is 21.0. The van der Waals surface area contributed by atoms with Gasteiger partial charge in [-0.05, 0) is 54.3 Å². The number of ether oxygens (including phenoxy) is 1. The number of carbonyl (C=O) groups is 2. The fraction of sp³-hybridized carbons (Fsp3) is 0.333. The molecule has 0 bridgehead atoms. The third kappa shape index (κ3) is 7.59. The van der Waals surface area contributed by atoms with Crippen molar-refractivity contribution < 1.29 is 14.3 Å². The van der Waals surface area contributed by atoms with Crippen molar-refractivity contribution in [3.63, 3.8) is 0 Å². The van der Waals surface area contributed by atoms with Crippen molar-refractivity contribution in [3.8, 4) is 5.75 Å². The molecular formula is C30H32BrClN2O3. The second-order valence-electron chi connectivity index (χ2n) is 9.84. The molecule has 1 heterocycles. The predicted octanol–water partition coefficient (Wildman–Crippen LogP) is 6.38. The molecule has 1 aliphatic rings. The highest BCUT2D eigenvalue weighted by Crippen LogP contribution is 2.36. The molecule has 194 valence electrons. The SMILES string of the molecule is CN(Cc1ccccc1)C(=O)CC1(COc2ccc(Cl)cc2)CCCN(C(=O)Cc2ccccc2Br)C1. The van der Waals surface area contributed by atoms with E-state index in [4.69, 9.17) is 16.3 Å². The van der Waals surface area contributed by atoms with Crippen molar-refractivity contribution in [1.29, 1.82) is 0 Å². The molecule has 2 amide bonds. The van der Waals surface area contributed by atoms with Crippen molar-refractivity contribution in [2.24, 2.45) is 5.41 Å². The fourth-order valence-electron chi connectivity index (χ4n) is 4.82. The molecule has 0 radical (unpaired) electrons. The predicted molar refractivity (Wildman–Crippen MR) is 151 cm³/mol. The van der Waals surface area contributed by atoms with Crippen LogP contribution in [0.15, 0.2) is 83.3 Å². The Labute approximate surface area is 232 Å². The average molecular weight is 584 g/mol. The molecule has 1 saturated heterocycles. The maximum absolute atomic E-state index is 13.4. The summed E-state index contributed by atoms with van der Waals surface area (Å²) in [6.07, 6.45) is 2.26. The van der Waals surface area contributed by atoms with Gasteiger partial charge in [-0.2, -0.15) is 0 Å². The number of benzene rings is 3. The summed E-state index contributed by atoms with van der Waals surface area (Å²) in [5.41, 5.74) is 1.56. The largest absolute Gasteiger partial charge is 0.493 e. The highest BCUT2D eigenvalue weighted by Gasteiger charge is 2.40. The minimum atomic E-state index is -0.483. The van der Waals surface area contributed by atoms with E-state index in [0.29, 0.717) is 49.9 Å². The van der Waals surface area contributed by atoms with Crippen LogP contribution >= 0.6 is 27.5 Å². The zero-order chi connectivity index (χ0) is 26.3. The van der Waals surface area contributed by atoms with E-state index < -0.39 is 5.41 Å². The van der Waals surface area contributed by atoms with E-state index in [1.54, 1.807) is 17.0 Å². The van der Waals surface area contributed by atoms with Crippen LogP contribution in [0.5, 0.6) is 5.75 Å². The van der Waals surface area contributed by atoms with E-state index >= 15 is 0 Å².